The van der Waals surface area contributed by atoms with Gasteiger partial charge in [-0.15, -0.1) is 16.4 Å². The van der Waals surface area contributed by atoms with Gasteiger partial charge in [0.1, 0.15) is 13.2 Å². The molecule has 0 unspecified atom stereocenters. The molecule has 0 fully saturated rings. The number of hydrogen-bond donors (Lipinski definition) is 1. The maximum Gasteiger partial charge on any atom is 0.252 e. The highest BCUT2D eigenvalue weighted by molar-refractivity contribution is 7.09. The minimum Gasteiger partial charge on any atom is -0.486 e. The second kappa shape index (κ2) is 9.69. The number of pyridine rings is 1. The Kier molecular flexibility index (Phi) is 6.33. The highest BCUT2D eigenvalue weighted by atomic mass is 32.1. The maximum absolute atomic E-state index is 12.9. The molecular formula is C22H24N6O4S. The van der Waals surface area contributed by atoms with Crippen molar-refractivity contribution >= 4 is 22.2 Å². The quantitative estimate of drug-likeness (QED) is 0.398. The Balaban J connectivity index is 1.44. The first-order valence-corrected chi connectivity index (χ1v) is 11.5. The lowest BCUT2D eigenvalue weighted by molar-refractivity contribution is 0.172. The fraction of sp³-hybridized carbons (Fsp3) is 0.364. The molecule has 1 aliphatic heterocycles. The summed E-state index contributed by atoms with van der Waals surface area (Å²) in [5.74, 6) is 2.07. The monoisotopic (exact) mass is 468 g/mol. The number of thiophene rings is 1. The molecule has 0 atom stereocenters. The maximum atomic E-state index is 12.9. The number of hydrogen-bond acceptors (Lipinski definition) is 9. The molecule has 0 saturated carbocycles. The normalized spacial score (nSPS) is 13.2. The molecule has 1 aromatic carbocycles. The average Bonchev–Trinajstić information content (AvgIpc) is 3.49. The van der Waals surface area contributed by atoms with Gasteiger partial charge in [0.05, 0.1) is 25.2 Å². The summed E-state index contributed by atoms with van der Waals surface area (Å²) in [5, 5.41) is 15.0. The number of methoxy groups -OCH3 is 1. The van der Waals surface area contributed by atoms with Crippen LogP contribution in [0.4, 0.5) is 0 Å². The number of rotatable bonds is 9. The predicted octanol–water partition coefficient (Wildman–Crippen LogP) is 2.20. The molecule has 1 N–H and O–H groups in total. The van der Waals surface area contributed by atoms with Crippen LogP contribution >= 0.6 is 11.3 Å². The minimum atomic E-state index is -0.130. The Morgan fingerprint density at radius 3 is 2.82 bits per heavy atom. The van der Waals surface area contributed by atoms with E-state index in [2.05, 4.69) is 31.5 Å². The SMILES string of the molecule is COCCn1nnnc1CN(Cc1cccs1)Cc1cc2cc3c(cc2[nH]c1=O)OCCO3. The van der Waals surface area contributed by atoms with Gasteiger partial charge in [-0.05, 0) is 34.0 Å². The highest BCUT2D eigenvalue weighted by Crippen LogP contribution is 2.33. The minimum absolute atomic E-state index is 0.130. The molecule has 5 rings (SSSR count). The first kappa shape index (κ1) is 21.6. The van der Waals surface area contributed by atoms with Crippen molar-refractivity contribution in [1.29, 1.82) is 0 Å². The van der Waals surface area contributed by atoms with Crippen LogP contribution in [0.15, 0.2) is 40.5 Å². The van der Waals surface area contributed by atoms with Gasteiger partial charge in [0, 0.05) is 42.1 Å². The van der Waals surface area contributed by atoms with Crippen molar-refractivity contribution in [2.24, 2.45) is 0 Å². The van der Waals surface area contributed by atoms with E-state index in [1.807, 2.05) is 29.6 Å². The second-order valence-electron chi connectivity index (χ2n) is 7.74. The van der Waals surface area contributed by atoms with Gasteiger partial charge in [0.25, 0.3) is 5.56 Å². The van der Waals surface area contributed by atoms with Crippen molar-refractivity contribution in [3.05, 3.63) is 62.3 Å². The van der Waals surface area contributed by atoms with Crippen LogP contribution < -0.4 is 15.0 Å². The molecule has 4 aromatic rings. The van der Waals surface area contributed by atoms with E-state index in [1.165, 1.54) is 4.88 Å². The van der Waals surface area contributed by atoms with Crippen LogP contribution in [0.5, 0.6) is 11.5 Å². The molecular weight excluding hydrogens is 444 g/mol. The lowest BCUT2D eigenvalue weighted by Gasteiger charge is -2.22. The van der Waals surface area contributed by atoms with Gasteiger partial charge in [-0.2, -0.15) is 0 Å². The molecule has 0 radical (unpaired) electrons. The molecule has 3 aromatic heterocycles. The van der Waals surface area contributed by atoms with E-state index < -0.39 is 0 Å². The molecule has 0 saturated heterocycles. The summed E-state index contributed by atoms with van der Waals surface area (Å²) in [6.07, 6.45) is 0. The summed E-state index contributed by atoms with van der Waals surface area (Å²) in [6, 6.07) is 9.76. The number of aromatic nitrogens is 5. The van der Waals surface area contributed by atoms with Gasteiger partial charge in [-0.3, -0.25) is 9.69 Å². The largest absolute Gasteiger partial charge is 0.486 e. The molecule has 11 heteroatoms. The molecule has 172 valence electrons. The zero-order chi connectivity index (χ0) is 22.6. The zero-order valence-electron chi connectivity index (χ0n) is 18.2. The summed E-state index contributed by atoms with van der Waals surface area (Å²) in [5.41, 5.74) is 1.25. The van der Waals surface area contributed by atoms with E-state index >= 15 is 0 Å². The Labute approximate surface area is 193 Å². The highest BCUT2D eigenvalue weighted by Gasteiger charge is 2.18. The Morgan fingerprint density at radius 2 is 2.03 bits per heavy atom. The summed E-state index contributed by atoms with van der Waals surface area (Å²) >= 11 is 1.68. The number of nitrogens with zero attached hydrogens (tertiary/aromatic N) is 5. The third kappa shape index (κ3) is 4.90. The number of benzene rings is 1. The van der Waals surface area contributed by atoms with Crippen LogP contribution in [-0.2, 0) is 30.9 Å². The fourth-order valence-corrected chi connectivity index (χ4v) is 4.57. The van der Waals surface area contributed by atoms with E-state index in [-0.39, 0.29) is 5.56 Å². The van der Waals surface area contributed by atoms with Crippen molar-refractivity contribution in [2.75, 3.05) is 26.9 Å². The summed E-state index contributed by atoms with van der Waals surface area (Å²) in [4.78, 5) is 19.3. The molecule has 0 aliphatic carbocycles. The Bertz CT molecular complexity index is 1290. The molecule has 4 heterocycles. The van der Waals surface area contributed by atoms with Gasteiger partial charge in [-0.25, -0.2) is 4.68 Å². The van der Waals surface area contributed by atoms with Crippen LogP contribution in [0.3, 0.4) is 0 Å². The van der Waals surface area contributed by atoms with Crippen molar-refractivity contribution in [2.45, 2.75) is 26.2 Å². The first-order valence-electron chi connectivity index (χ1n) is 10.6. The van der Waals surface area contributed by atoms with Crippen LogP contribution in [0.1, 0.15) is 16.3 Å². The summed E-state index contributed by atoms with van der Waals surface area (Å²) in [7, 11) is 1.65. The fourth-order valence-electron chi connectivity index (χ4n) is 3.82. The molecule has 0 amide bonds. The van der Waals surface area contributed by atoms with E-state index in [9.17, 15) is 4.79 Å². The van der Waals surface area contributed by atoms with Gasteiger partial charge in [0.2, 0.25) is 0 Å². The average molecular weight is 469 g/mol. The first-order chi connectivity index (χ1) is 16.2. The number of fused-ring (bicyclic) bond motifs is 2. The molecule has 0 spiro atoms. The van der Waals surface area contributed by atoms with Crippen LogP contribution in [0.25, 0.3) is 10.9 Å². The zero-order valence-corrected chi connectivity index (χ0v) is 19.0. The van der Waals surface area contributed by atoms with Crippen LogP contribution in [0, 0.1) is 0 Å². The van der Waals surface area contributed by atoms with Crippen molar-refractivity contribution in [3.63, 3.8) is 0 Å². The van der Waals surface area contributed by atoms with Gasteiger partial charge < -0.3 is 19.2 Å². The predicted molar refractivity (Wildman–Crippen MR) is 123 cm³/mol. The summed E-state index contributed by atoms with van der Waals surface area (Å²) < 4.78 is 18.2. The van der Waals surface area contributed by atoms with E-state index in [1.54, 1.807) is 23.1 Å². The molecule has 10 nitrogen and oxygen atoms in total. The molecule has 1 aliphatic rings. The Hall–Kier alpha value is -3.28. The van der Waals surface area contributed by atoms with Crippen LogP contribution in [0.2, 0.25) is 0 Å². The van der Waals surface area contributed by atoms with Gasteiger partial charge >= 0.3 is 0 Å². The number of aromatic amines is 1. The number of H-pyrrole nitrogens is 1. The third-order valence-corrected chi connectivity index (χ3v) is 6.28. The lowest BCUT2D eigenvalue weighted by atomic mass is 10.1. The van der Waals surface area contributed by atoms with E-state index in [4.69, 9.17) is 14.2 Å². The molecule has 0 bridgehead atoms. The van der Waals surface area contributed by atoms with Crippen molar-refractivity contribution in [3.8, 4) is 11.5 Å². The topological polar surface area (TPSA) is 107 Å². The van der Waals surface area contributed by atoms with E-state index in [0.717, 1.165) is 16.7 Å². The standard InChI is InChI=1S/C22H24N6O4S/c1-30-5-4-28-21(24-25-26-28)14-27(13-17-3-2-8-33-17)12-16-9-15-10-19-20(32-7-6-31-19)11-18(15)23-22(16)29/h2-3,8-11H,4-7,12-14H2,1H3,(H,23,29). The van der Waals surface area contributed by atoms with Crippen molar-refractivity contribution in [1.82, 2.24) is 30.1 Å². The number of tetrazole rings is 1. The third-order valence-electron chi connectivity index (χ3n) is 5.42. The second-order valence-corrected chi connectivity index (χ2v) is 8.77. The summed E-state index contributed by atoms with van der Waals surface area (Å²) in [6.45, 7) is 3.71. The molecule has 33 heavy (non-hydrogen) atoms. The Morgan fingerprint density at radius 1 is 1.18 bits per heavy atom. The van der Waals surface area contributed by atoms with E-state index in [0.29, 0.717) is 63.1 Å². The number of nitrogens with one attached hydrogen (secondary N) is 1. The smallest absolute Gasteiger partial charge is 0.252 e. The lowest BCUT2D eigenvalue weighted by Crippen LogP contribution is -2.28. The van der Waals surface area contributed by atoms with Gasteiger partial charge in [-0.1, -0.05) is 6.07 Å². The number of ether oxygens (including phenoxy) is 3. The van der Waals surface area contributed by atoms with Gasteiger partial charge in [0.15, 0.2) is 17.3 Å². The van der Waals surface area contributed by atoms with Crippen LogP contribution in [-0.4, -0.2) is 57.0 Å². The van der Waals surface area contributed by atoms with Crippen molar-refractivity contribution < 1.29 is 14.2 Å².